The van der Waals surface area contributed by atoms with E-state index in [0.29, 0.717) is 11.3 Å². The van der Waals surface area contributed by atoms with Crippen LogP contribution < -0.4 is 10.6 Å². The molecule has 7 nitrogen and oxygen atoms in total. The third-order valence-electron chi connectivity index (χ3n) is 3.18. The highest BCUT2D eigenvalue weighted by Gasteiger charge is 2.12. The van der Waals surface area contributed by atoms with Crippen molar-refractivity contribution in [3.63, 3.8) is 0 Å². The molecule has 2 aromatic rings. The molecule has 0 aliphatic heterocycles. The first-order chi connectivity index (χ1) is 11.9. The number of amides is 2. The summed E-state index contributed by atoms with van der Waals surface area (Å²) in [6.07, 6.45) is 0. The number of methoxy groups -OCH3 is 2. The minimum Gasteiger partial charge on any atom is -0.465 e. The number of carbonyl (C=O) groups is 3. The van der Waals surface area contributed by atoms with Gasteiger partial charge in [-0.05, 0) is 36.4 Å². The predicted octanol–water partition coefficient (Wildman–Crippen LogP) is 3.56. The van der Waals surface area contributed by atoms with Gasteiger partial charge in [-0.3, -0.25) is 0 Å². The standard InChI is InChI=1S/C17H15ClN2O5/c1-24-15(21)10-4-3-5-12(8-10)19-17(23)20-14-9-11(16(22)25-2)6-7-13(14)18/h3-9H,1-2H3,(H2,19,20,23). The van der Waals surface area contributed by atoms with Crippen LogP contribution in [0.3, 0.4) is 0 Å². The molecule has 0 atom stereocenters. The lowest BCUT2D eigenvalue weighted by Gasteiger charge is -2.11. The molecule has 0 aliphatic rings. The van der Waals surface area contributed by atoms with Crippen molar-refractivity contribution in [3.8, 4) is 0 Å². The van der Waals surface area contributed by atoms with E-state index in [1.807, 2.05) is 0 Å². The molecule has 0 unspecified atom stereocenters. The highest BCUT2D eigenvalue weighted by atomic mass is 35.5. The molecule has 2 amide bonds. The van der Waals surface area contributed by atoms with Crippen LogP contribution in [0.4, 0.5) is 16.2 Å². The number of nitrogens with one attached hydrogen (secondary N) is 2. The van der Waals surface area contributed by atoms with E-state index >= 15 is 0 Å². The molecule has 0 fully saturated rings. The molecule has 2 N–H and O–H groups in total. The maximum atomic E-state index is 12.1. The molecular weight excluding hydrogens is 348 g/mol. The van der Waals surface area contributed by atoms with Gasteiger partial charge in [-0.1, -0.05) is 17.7 Å². The van der Waals surface area contributed by atoms with E-state index in [1.54, 1.807) is 18.2 Å². The van der Waals surface area contributed by atoms with Gasteiger partial charge in [0.2, 0.25) is 0 Å². The van der Waals surface area contributed by atoms with Crippen molar-refractivity contribution in [2.24, 2.45) is 0 Å². The SMILES string of the molecule is COC(=O)c1cccc(NC(=O)Nc2cc(C(=O)OC)ccc2Cl)c1. The summed E-state index contributed by atoms with van der Waals surface area (Å²) >= 11 is 6.02. The number of esters is 2. The Hall–Kier alpha value is -3.06. The molecule has 0 saturated heterocycles. The van der Waals surface area contributed by atoms with Crippen LogP contribution in [-0.2, 0) is 9.47 Å². The molecule has 25 heavy (non-hydrogen) atoms. The topological polar surface area (TPSA) is 93.7 Å². The zero-order valence-corrected chi connectivity index (χ0v) is 14.2. The van der Waals surface area contributed by atoms with Gasteiger partial charge in [-0.2, -0.15) is 0 Å². The van der Waals surface area contributed by atoms with Crippen LogP contribution in [0.1, 0.15) is 20.7 Å². The number of rotatable bonds is 4. The Balaban J connectivity index is 2.13. The van der Waals surface area contributed by atoms with Crippen LogP contribution in [0.15, 0.2) is 42.5 Å². The van der Waals surface area contributed by atoms with Crippen LogP contribution in [-0.4, -0.2) is 32.2 Å². The van der Waals surface area contributed by atoms with E-state index in [9.17, 15) is 14.4 Å². The number of halogens is 1. The van der Waals surface area contributed by atoms with E-state index in [1.165, 1.54) is 38.5 Å². The largest absolute Gasteiger partial charge is 0.465 e. The van der Waals surface area contributed by atoms with E-state index < -0.39 is 18.0 Å². The number of benzene rings is 2. The van der Waals surface area contributed by atoms with Crippen LogP contribution in [0.5, 0.6) is 0 Å². The molecule has 8 heteroatoms. The molecule has 0 aliphatic carbocycles. The summed E-state index contributed by atoms with van der Waals surface area (Å²) in [4.78, 5) is 35.2. The minimum absolute atomic E-state index is 0.242. The van der Waals surface area contributed by atoms with Crippen LogP contribution in [0.25, 0.3) is 0 Å². The molecule has 0 aromatic heterocycles. The first-order valence-electron chi connectivity index (χ1n) is 7.09. The molecule has 0 saturated carbocycles. The van der Waals surface area contributed by atoms with Crippen molar-refractivity contribution in [3.05, 3.63) is 58.6 Å². The fourth-order valence-electron chi connectivity index (χ4n) is 1.99. The van der Waals surface area contributed by atoms with E-state index in [2.05, 4.69) is 20.1 Å². The molecule has 0 spiro atoms. The Morgan fingerprint density at radius 1 is 0.880 bits per heavy atom. The van der Waals surface area contributed by atoms with Crippen LogP contribution in [0, 0.1) is 0 Å². The Morgan fingerprint density at radius 2 is 1.52 bits per heavy atom. The van der Waals surface area contributed by atoms with Gasteiger partial charge in [-0.25, -0.2) is 14.4 Å². The molecule has 130 valence electrons. The summed E-state index contributed by atoms with van der Waals surface area (Å²) in [5.74, 6) is -1.07. The number of hydrogen-bond donors (Lipinski definition) is 2. The predicted molar refractivity (Wildman–Crippen MR) is 93.2 cm³/mol. The highest BCUT2D eigenvalue weighted by Crippen LogP contribution is 2.24. The number of urea groups is 1. The number of carbonyl (C=O) groups excluding carboxylic acids is 3. The minimum atomic E-state index is -0.592. The second-order valence-corrected chi connectivity index (χ2v) is 5.24. The van der Waals surface area contributed by atoms with Gasteiger partial charge in [0.1, 0.15) is 0 Å². The summed E-state index contributed by atoms with van der Waals surface area (Å²) in [5.41, 5.74) is 1.17. The second kappa shape index (κ2) is 8.16. The van der Waals surface area contributed by atoms with Crippen molar-refractivity contribution < 1.29 is 23.9 Å². The Morgan fingerprint density at radius 3 is 2.16 bits per heavy atom. The Bertz CT molecular complexity index is 822. The maximum absolute atomic E-state index is 12.1. The number of hydrogen-bond acceptors (Lipinski definition) is 5. The van der Waals surface area contributed by atoms with Crippen molar-refractivity contribution in [2.45, 2.75) is 0 Å². The lowest BCUT2D eigenvalue weighted by Crippen LogP contribution is -2.20. The lowest BCUT2D eigenvalue weighted by molar-refractivity contribution is 0.0592. The zero-order valence-electron chi connectivity index (χ0n) is 13.5. The Kier molecular flexibility index (Phi) is 5.97. The third kappa shape index (κ3) is 4.71. The fourth-order valence-corrected chi connectivity index (χ4v) is 2.16. The second-order valence-electron chi connectivity index (χ2n) is 4.84. The average molecular weight is 363 g/mol. The summed E-state index contributed by atoms with van der Waals surface area (Å²) in [5, 5.41) is 5.36. The van der Waals surface area contributed by atoms with Gasteiger partial charge in [0.25, 0.3) is 0 Å². The first kappa shape index (κ1) is 18.3. The smallest absolute Gasteiger partial charge is 0.337 e. The molecule has 0 bridgehead atoms. The highest BCUT2D eigenvalue weighted by molar-refractivity contribution is 6.34. The van der Waals surface area contributed by atoms with Crippen molar-refractivity contribution in [1.82, 2.24) is 0 Å². The summed E-state index contributed by atoms with van der Waals surface area (Å²) in [7, 11) is 2.52. The van der Waals surface area contributed by atoms with Crippen molar-refractivity contribution >= 4 is 40.9 Å². The summed E-state index contributed by atoms with van der Waals surface area (Å²) in [6, 6.07) is 10.0. The zero-order chi connectivity index (χ0) is 18.4. The normalized spacial score (nSPS) is 9.88. The molecule has 2 rings (SSSR count). The monoisotopic (exact) mass is 362 g/mol. The molecule has 0 heterocycles. The number of ether oxygens (including phenoxy) is 2. The van der Waals surface area contributed by atoms with Crippen molar-refractivity contribution in [1.29, 1.82) is 0 Å². The van der Waals surface area contributed by atoms with Crippen LogP contribution in [0.2, 0.25) is 5.02 Å². The fraction of sp³-hybridized carbons (Fsp3) is 0.118. The average Bonchev–Trinajstić information content (AvgIpc) is 2.62. The van der Waals surface area contributed by atoms with Gasteiger partial charge >= 0.3 is 18.0 Å². The van der Waals surface area contributed by atoms with E-state index in [0.717, 1.165) is 0 Å². The van der Waals surface area contributed by atoms with Gasteiger partial charge in [0.15, 0.2) is 0 Å². The molecule has 2 aromatic carbocycles. The van der Waals surface area contributed by atoms with Gasteiger partial charge in [0.05, 0.1) is 36.1 Å². The first-order valence-corrected chi connectivity index (χ1v) is 7.46. The summed E-state index contributed by atoms with van der Waals surface area (Å²) < 4.78 is 9.25. The Labute approximate surface area is 148 Å². The molecule has 0 radical (unpaired) electrons. The lowest BCUT2D eigenvalue weighted by atomic mass is 10.2. The van der Waals surface area contributed by atoms with Gasteiger partial charge < -0.3 is 20.1 Å². The quantitative estimate of drug-likeness (QED) is 0.811. The van der Waals surface area contributed by atoms with Gasteiger partial charge in [0, 0.05) is 5.69 Å². The summed E-state index contributed by atoms with van der Waals surface area (Å²) in [6.45, 7) is 0. The van der Waals surface area contributed by atoms with Crippen molar-refractivity contribution in [2.75, 3.05) is 24.9 Å². The molecular formula is C17H15ClN2O5. The third-order valence-corrected chi connectivity index (χ3v) is 3.51. The van der Waals surface area contributed by atoms with E-state index in [-0.39, 0.29) is 16.3 Å². The van der Waals surface area contributed by atoms with E-state index in [4.69, 9.17) is 11.6 Å². The number of anilines is 2. The van der Waals surface area contributed by atoms with Gasteiger partial charge in [-0.15, -0.1) is 0 Å². The van der Waals surface area contributed by atoms with Crippen LogP contribution >= 0.6 is 11.6 Å². The maximum Gasteiger partial charge on any atom is 0.337 e.